The van der Waals surface area contributed by atoms with E-state index in [4.69, 9.17) is 0 Å². The van der Waals surface area contributed by atoms with Gasteiger partial charge in [0.15, 0.2) is 0 Å². The first kappa shape index (κ1) is 8.42. The summed E-state index contributed by atoms with van der Waals surface area (Å²) in [6.07, 6.45) is 2.32. The van der Waals surface area contributed by atoms with Crippen molar-refractivity contribution >= 4 is 21.4 Å². The van der Waals surface area contributed by atoms with E-state index < -0.39 is 0 Å². The van der Waals surface area contributed by atoms with Crippen LogP contribution in [0.5, 0.6) is 0 Å². The van der Waals surface area contributed by atoms with E-state index >= 15 is 0 Å². The molecule has 3 rings (SSSR count). The zero-order valence-electron chi connectivity index (χ0n) is 8.01. The zero-order valence-corrected chi connectivity index (χ0v) is 8.83. The van der Waals surface area contributed by atoms with Gasteiger partial charge in [-0.2, -0.15) is 0 Å². The minimum atomic E-state index is 0.0306. The monoisotopic (exact) mass is 206 g/mol. The molecule has 1 aliphatic rings. The molecule has 1 saturated carbocycles. The van der Waals surface area contributed by atoms with Crippen LogP contribution >= 0.6 is 11.3 Å². The van der Waals surface area contributed by atoms with Gasteiger partial charge in [-0.3, -0.25) is 0 Å². The smallest absolute Gasteiger partial charge is 0.144 e. The van der Waals surface area contributed by atoms with E-state index in [1.165, 1.54) is 4.88 Å². The molecule has 2 aromatic rings. The van der Waals surface area contributed by atoms with Crippen molar-refractivity contribution in [2.24, 2.45) is 0 Å². The predicted molar refractivity (Wildman–Crippen MR) is 58.5 cm³/mol. The summed E-state index contributed by atoms with van der Waals surface area (Å²) in [6.45, 7) is 2.03. The van der Waals surface area contributed by atoms with E-state index in [-0.39, 0.29) is 5.82 Å². The minimum absolute atomic E-state index is 0.0306. The lowest BCUT2D eigenvalue weighted by Crippen LogP contribution is -1.85. The Labute approximate surface area is 86.4 Å². The topological polar surface area (TPSA) is 0 Å². The average Bonchev–Trinajstić information content (AvgIpc) is 2.89. The fourth-order valence-electron chi connectivity index (χ4n) is 1.92. The van der Waals surface area contributed by atoms with E-state index in [0.717, 1.165) is 28.5 Å². The van der Waals surface area contributed by atoms with Crippen molar-refractivity contribution < 1.29 is 4.39 Å². The summed E-state index contributed by atoms with van der Waals surface area (Å²) >= 11 is 1.56. The summed E-state index contributed by atoms with van der Waals surface area (Å²) in [5, 5.41) is 1.05. The van der Waals surface area contributed by atoms with Crippen LogP contribution in [0.4, 0.5) is 4.39 Å². The molecule has 1 aromatic carbocycles. The van der Waals surface area contributed by atoms with Gasteiger partial charge in [0.25, 0.3) is 0 Å². The summed E-state index contributed by atoms with van der Waals surface area (Å²) in [6, 6.07) is 6.07. The van der Waals surface area contributed by atoms with Crippen LogP contribution in [-0.2, 0) is 0 Å². The van der Waals surface area contributed by atoms with Gasteiger partial charge in [-0.1, -0.05) is 12.1 Å². The fraction of sp³-hybridized carbons (Fsp3) is 0.333. The molecule has 1 aliphatic carbocycles. The first-order valence-corrected chi connectivity index (χ1v) is 5.76. The van der Waals surface area contributed by atoms with E-state index in [1.54, 1.807) is 11.3 Å². The van der Waals surface area contributed by atoms with Crippen LogP contribution in [0.2, 0.25) is 0 Å². The average molecular weight is 206 g/mol. The van der Waals surface area contributed by atoms with Crippen LogP contribution in [0.3, 0.4) is 0 Å². The zero-order chi connectivity index (χ0) is 9.71. The van der Waals surface area contributed by atoms with Crippen LogP contribution in [0.1, 0.15) is 29.2 Å². The number of hydrogen-bond acceptors (Lipinski definition) is 1. The summed E-state index contributed by atoms with van der Waals surface area (Å²) in [5.74, 6) is 0.532. The quantitative estimate of drug-likeness (QED) is 0.655. The molecule has 0 spiro atoms. The second-order valence-corrected chi connectivity index (χ2v) is 5.27. The van der Waals surface area contributed by atoms with Gasteiger partial charge in [0.1, 0.15) is 5.82 Å². The van der Waals surface area contributed by atoms with E-state index in [9.17, 15) is 4.39 Å². The molecule has 0 aliphatic heterocycles. The van der Waals surface area contributed by atoms with Crippen molar-refractivity contribution in [1.82, 2.24) is 0 Å². The van der Waals surface area contributed by atoms with Gasteiger partial charge in [-0.25, -0.2) is 4.39 Å². The molecule has 0 bridgehead atoms. The molecular weight excluding hydrogens is 195 g/mol. The lowest BCUT2D eigenvalue weighted by molar-refractivity contribution is 0.625. The van der Waals surface area contributed by atoms with Crippen LogP contribution in [0.15, 0.2) is 18.2 Å². The summed E-state index contributed by atoms with van der Waals surface area (Å²) in [5.41, 5.74) is 0.930. The lowest BCUT2D eigenvalue weighted by Gasteiger charge is -2.00. The Kier molecular flexibility index (Phi) is 1.68. The third kappa shape index (κ3) is 1.17. The largest absolute Gasteiger partial charge is 0.205 e. The number of halogens is 1. The highest BCUT2D eigenvalue weighted by Gasteiger charge is 2.27. The van der Waals surface area contributed by atoms with Gasteiger partial charge >= 0.3 is 0 Å². The number of thiophene rings is 1. The molecule has 0 amide bonds. The molecule has 0 unspecified atom stereocenters. The van der Waals surface area contributed by atoms with Crippen molar-refractivity contribution in [3.8, 4) is 0 Å². The standard InChI is InChI=1S/C12H11FS/c1-7-6-9-4-5-10(8-2-3-8)11(13)12(9)14-7/h4-6,8H,2-3H2,1H3. The molecule has 72 valence electrons. The molecule has 1 heterocycles. The number of rotatable bonds is 1. The summed E-state index contributed by atoms with van der Waals surface area (Å²) in [7, 11) is 0. The maximum atomic E-state index is 14.0. The van der Waals surface area contributed by atoms with Gasteiger partial charge in [-0.15, -0.1) is 11.3 Å². The Bertz CT molecular complexity index is 494. The molecule has 1 aromatic heterocycles. The van der Waals surface area contributed by atoms with Gasteiger partial charge in [0.05, 0.1) is 4.70 Å². The Balaban J connectivity index is 2.29. The SMILES string of the molecule is Cc1cc2ccc(C3CC3)c(F)c2s1. The first-order chi connectivity index (χ1) is 6.75. The van der Waals surface area contributed by atoms with Crippen molar-refractivity contribution in [2.75, 3.05) is 0 Å². The van der Waals surface area contributed by atoms with Crippen molar-refractivity contribution in [3.63, 3.8) is 0 Å². The highest BCUT2D eigenvalue weighted by atomic mass is 32.1. The Morgan fingerprint density at radius 3 is 2.86 bits per heavy atom. The normalized spacial score (nSPS) is 16.4. The lowest BCUT2D eigenvalue weighted by atomic mass is 10.1. The van der Waals surface area contributed by atoms with Crippen LogP contribution in [0.25, 0.3) is 10.1 Å². The third-order valence-corrected chi connectivity index (χ3v) is 3.86. The Hall–Kier alpha value is -0.890. The first-order valence-electron chi connectivity index (χ1n) is 4.94. The molecule has 14 heavy (non-hydrogen) atoms. The van der Waals surface area contributed by atoms with Crippen LogP contribution in [0, 0.1) is 12.7 Å². The maximum absolute atomic E-state index is 14.0. The molecule has 0 N–H and O–H groups in total. The summed E-state index contributed by atoms with van der Waals surface area (Å²) in [4.78, 5) is 1.19. The molecule has 0 nitrogen and oxygen atoms in total. The molecule has 1 fully saturated rings. The van der Waals surface area contributed by atoms with Crippen LogP contribution < -0.4 is 0 Å². The molecular formula is C12H11FS. The highest BCUT2D eigenvalue weighted by Crippen LogP contribution is 2.43. The molecule has 0 saturated heterocycles. The molecule has 2 heteroatoms. The summed E-state index contributed by atoms with van der Waals surface area (Å²) < 4.78 is 14.8. The second-order valence-electron chi connectivity index (χ2n) is 4.02. The highest BCUT2D eigenvalue weighted by molar-refractivity contribution is 7.19. The maximum Gasteiger partial charge on any atom is 0.144 e. The third-order valence-electron chi connectivity index (χ3n) is 2.80. The molecule has 0 atom stereocenters. The van der Waals surface area contributed by atoms with Crippen molar-refractivity contribution in [3.05, 3.63) is 34.5 Å². The molecule has 0 radical (unpaired) electrons. The number of fused-ring (bicyclic) bond motifs is 1. The van der Waals surface area contributed by atoms with E-state index in [2.05, 4.69) is 12.1 Å². The number of aryl methyl sites for hydroxylation is 1. The Morgan fingerprint density at radius 2 is 2.14 bits per heavy atom. The van der Waals surface area contributed by atoms with Gasteiger partial charge in [-0.05, 0) is 42.7 Å². The van der Waals surface area contributed by atoms with E-state index in [0.29, 0.717) is 5.92 Å². The second kappa shape index (κ2) is 2.80. The minimum Gasteiger partial charge on any atom is -0.205 e. The van der Waals surface area contributed by atoms with Crippen molar-refractivity contribution in [2.45, 2.75) is 25.7 Å². The van der Waals surface area contributed by atoms with Gasteiger partial charge in [0, 0.05) is 4.88 Å². The van der Waals surface area contributed by atoms with E-state index in [1.807, 2.05) is 13.0 Å². The number of hydrogen-bond donors (Lipinski definition) is 0. The fourth-order valence-corrected chi connectivity index (χ4v) is 2.88. The Morgan fingerprint density at radius 1 is 1.36 bits per heavy atom. The number of benzene rings is 1. The van der Waals surface area contributed by atoms with Crippen molar-refractivity contribution in [1.29, 1.82) is 0 Å². The van der Waals surface area contributed by atoms with Gasteiger partial charge in [0.2, 0.25) is 0 Å². The van der Waals surface area contributed by atoms with Gasteiger partial charge < -0.3 is 0 Å². The predicted octanol–water partition coefficient (Wildman–Crippen LogP) is 4.23. The van der Waals surface area contributed by atoms with Crippen LogP contribution in [-0.4, -0.2) is 0 Å².